The summed E-state index contributed by atoms with van der Waals surface area (Å²) in [7, 11) is 0. The molecule has 3 aromatic carbocycles. The third kappa shape index (κ3) is 5.00. The summed E-state index contributed by atoms with van der Waals surface area (Å²) in [5.74, 6) is 0.105. The molecule has 27 heavy (non-hydrogen) atoms. The molecule has 3 rings (SSSR count). The second-order valence-electron chi connectivity index (χ2n) is 5.59. The SMILES string of the molecule is FC(F)Oc1ccc(/C=N/NP(=S)(c2ccccc2)c2ccccc2)cc1. The van der Waals surface area contributed by atoms with Crippen molar-refractivity contribution < 1.29 is 13.5 Å². The molecule has 0 aliphatic carbocycles. The lowest BCUT2D eigenvalue weighted by molar-refractivity contribution is -0.0498. The summed E-state index contributed by atoms with van der Waals surface area (Å²) >= 11 is 6.00. The van der Waals surface area contributed by atoms with E-state index >= 15 is 0 Å². The predicted molar refractivity (Wildman–Crippen MR) is 110 cm³/mol. The van der Waals surface area contributed by atoms with Gasteiger partial charge in [0.1, 0.15) is 11.9 Å². The molecule has 0 aromatic heterocycles. The molecule has 0 amide bonds. The lowest BCUT2D eigenvalue weighted by Gasteiger charge is -2.22. The van der Waals surface area contributed by atoms with Crippen LogP contribution in [0.15, 0.2) is 90.0 Å². The molecule has 0 bridgehead atoms. The van der Waals surface area contributed by atoms with Crippen LogP contribution in [0.3, 0.4) is 0 Å². The zero-order valence-electron chi connectivity index (χ0n) is 14.2. The Labute approximate surface area is 161 Å². The zero-order valence-corrected chi connectivity index (χ0v) is 15.9. The van der Waals surface area contributed by atoms with Crippen molar-refractivity contribution in [3.8, 4) is 5.75 Å². The maximum atomic E-state index is 12.2. The van der Waals surface area contributed by atoms with Gasteiger partial charge in [0.25, 0.3) is 0 Å². The Bertz CT molecular complexity index is 892. The van der Waals surface area contributed by atoms with Gasteiger partial charge < -0.3 is 4.74 Å². The highest BCUT2D eigenvalue weighted by Crippen LogP contribution is 2.38. The van der Waals surface area contributed by atoms with Crippen LogP contribution >= 0.6 is 6.19 Å². The topological polar surface area (TPSA) is 33.6 Å². The molecule has 0 saturated heterocycles. The minimum atomic E-state index is -2.84. The van der Waals surface area contributed by atoms with Crippen LogP contribution in [0.25, 0.3) is 0 Å². The monoisotopic (exact) mass is 402 g/mol. The first-order valence-electron chi connectivity index (χ1n) is 8.14. The van der Waals surface area contributed by atoms with Crippen LogP contribution in [0.1, 0.15) is 5.56 Å². The van der Waals surface area contributed by atoms with E-state index < -0.39 is 12.8 Å². The van der Waals surface area contributed by atoms with Gasteiger partial charge in [-0.2, -0.15) is 13.9 Å². The highest BCUT2D eigenvalue weighted by atomic mass is 32.4. The summed E-state index contributed by atoms with van der Waals surface area (Å²) in [5, 5.41) is 9.51. The minimum absolute atomic E-state index is 0.105. The molecule has 1 N–H and O–H groups in total. The molecule has 7 heteroatoms. The van der Waals surface area contributed by atoms with E-state index in [0.717, 1.165) is 16.2 Å². The molecule has 0 heterocycles. The smallest absolute Gasteiger partial charge is 0.387 e. The summed E-state index contributed by atoms with van der Waals surface area (Å²) < 4.78 is 28.8. The number of hydrogen-bond acceptors (Lipinski definition) is 3. The van der Waals surface area contributed by atoms with Gasteiger partial charge in [-0.15, -0.1) is 0 Å². The van der Waals surface area contributed by atoms with E-state index in [0.29, 0.717) is 0 Å². The van der Waals surface area contributed by atoms with Crippen molar-refractivity contribution in [3.05, 3.63) is 90.5 Å². The molecule has 0 radical (unpaired) electrons. The Kier molecular flexibility index (Phi) is 6.32. The van der Waals surface area contributed by atoms with E-state index in [1.807, 2.05) is 60.7 Å². The molecule has 138 valence electrons. The Morgan fingerprint density at radius 3 is 1.85 bits per heavy atom. The van der Waals surface area contributed by atoms with E-state index in [4.69, 9.17) is 11.8 Å². The Morgan fingerprint density at radius 1 is 0.852 bits per heavy atom. The Morgan fingerprint density at radius 2 is 1.37 bits per heavy atom. The molecule has 0 atom stereocenters. The second kappa shape index (κ2) is 8.89. The number of alkyl halides is 2. The third-order valence-electron chi connectivity index (χ3n) is 3.76. The van der Waals surface area contributed by atoms with Crippen LogP contribution in [0, 0.1) is 0 Å². The quantitative estimate of drug-likeness (QED) is 0.364. The standard InChI is InChI=1S/C20H17F2N2OPS/c21-20(22)25-17-13-11-16(12-14-17)15-23-24-26(27,18-7-3-1-4-8-18)19-9-5-2-6-10-19/h1-15,20H,(H,24,27)/b23-15+. The van der Waals surface area contributed by atoms with Crippen molar-refractivity contribution >= 4 is 34.8 Å². The van der Waals surface area contributed by atoms with Gasteiger partial charge in [-0.25, -0.2) is 0 Å². The maximum absolute atomic E-state index is 12.2. The molecular weight excluding hydrogens is 385 g/mol. The number of halogens is 2. The molecule has 0 saturated carbocycles. The van der Waals surface area contributed by atoms with Gasteiger partial charge in [0, 0.05) is 10.6 Å². The first-order chi connectivity index (χ1) is 13.1. The number of nitrogens with zero attached hydrogens (tertiary/aromatic N) is 1. The van der Waals surface area contributed by atoms with Crippen LogP contribution < -0.4 is 20.5 Å². The highest BCUT2D eigenvalue weighted by molar-refractivity contribution is 8.20. The first kappa shape index (κ1) is 19.2. The molecule has 0 unspecified atom stereocenters. The largest absolute Gasteiger partial charge is 0.435 e. The second-order valence-corrected chi connectivity index (χ2v) is 9.68. The zero-order chi connectivity index (χ0) is 19.1. The Hall–Kier alpha value is -2.56. The highest BCUT2D eigenvalue weighted by Gasteiger charge is 2.21. The first-order valence-corrected chi connectivity index (χ1v) is 10.9. The van der Waals surface area contributed by atoms with Crippen LogP contribution in [0.5, 0.6) is 5.75 Å². The maximum Gasteiger partial charge on any atom is 0.387 e. The molecular formula is C20H17F2N2OPS. The molecule has 0 aliphatic rings. The molecule has 3 aromatic rings. The normalized spacial score (nSPS) is 11.7. The number of rotatable bonds is 7. The summed E-state index contributed by atoms with van der Waals surface area (Å²) in [5.41, 5.74) is 0.742. The van der Waals surface area contributed by atoms with Crippen molar-refractivity contribution in [1.82, 2.24) is 5.20 Å². The van der Waals surface area contributed by atoms with Crippen LogP contribution in [0.4, 0.5) is 8.78 Å². The van der Waals surface area contributed by atoms with E-state index in [-0.39, 0.29) is 5.75 Å². The average Bonchev–Trinajstić information content (AvgIpc) is 2.70. The van der Waals surface area contributed by atoms with E-state index in [9.17, 15) is 8.78 Å². The number of hydrogen-bond donors (Lipinski definition) is 1. The van der Waals surface area contributed by atoms with E-state index in [1.165, 1.54) is 12.1 Å². The van der Waals surface area contributed by atoms with Crippen molar-refractivity contribution in [2.75, 3.05) is 0 Å². The summed E-state index contributed by atoms with van der Waals surface area (Å²) in [6, 6.07) is 25.9. The van der Waals surface area contributed by atoms with Crippen molar-refractivity contribution in [1.29, 1.82) is 0 Å². The minimum Gasteiger partial charge on any atom is -0.435 e. The van der Waals surface area contributed by atoms with Gasteiger partial charge in [0.15, 0.2) is 0 Å². The van der Waals surface area contributed by atoms with Gasteiger partial charge in [0.2, 0.25) is 0 Å². The van der Waals surface area contributed by atoms with E-state index in [2.05, 4.69) is 15.0 Å². The fraction of sp³-hybridized carbons (Fsp3) is 0.0500. The summed E-state index contributed by atoms with van der Waals surface area (Å²) in [4.78, 5) is 0. The lowest BCUT2D eigenvalue weighted by atomic mass is 10.2. The summed E-state index contributed by atoms with van der Waals surface area (Å²) in [6.07, 6.45) is -0.718. The average molecular weight is 402 g/mol. The van der Waals surface area contributed by atoms with Gasteiger partial charge in [-0.3, -0.25) is 5.20 Å². The number of hydrazone groups is 1. The predicted octanol–water partition coefficient (Wildman–Crippen LogP) is 4.26. The van der Waals surface area contributed by atoms with Crippen molar-refractivity contribution in [2.24, 2.45) is 5.10 Å². The van der Waals surface area contributed by atoms with Crippen LogP contribution in [-0.4, -0.2) is 12.8 Å². The number of benzene rings is 3. The summed E-state index contributed by atoms with van der Waals surface area (Å²) in [6.45, 7) is -2.84. The molecule has 0 spiro atoms. The van der Waals surface area contributed by atoms with Gasteiger partial charge in [-0.05, 0) is 29.8 Å². The number of nitrogens with one attached hydrogen (secondary N) is 1. The van der Waals surface area contributed by atoms with Gasteiger partial charge in [-0.1, -0.05) is 72.5 Å². The van der Waals surface area contributed by atoms with Crippen LogP contribution in [-0.2, 0) is 11.8 Å². The fourth-order valence-corrected chi connectivity index (χ4v) is 5.27. The lowest BCUT2D eigenvalue weighted by Crippen LogP contribution is -2.24. The molecule has 0 fully saturated rings. The molecule has 3 nitrogen and oxygen atoms in total. The van der Waals surface area contributed by atoms with E-state index in [1.54, 1.807) is 18.3 Å². The molecule has 0 aliphatic heterocycles. The number of ether oxygens (including phenoxy) is 1. The van der Waals surface area contributed by atoms with Crippen molar-refractivity contribution in [3.63, 3.8) is 0 Å². The Balaban J connectivity index is 1.81. The van der Waals surface area contributed by atoms with Crippen LogP contribution in [0.2, 0.25) is 0 Å². The van der Waals surface area contributed by atoms with Crippen molar-refractivity contribution in [2.45, 2.75) is 6.61 Å². The fourth-order valence-electron chi connectivity index (χ4n) is 2.46. The third-order valence-corrected chi connectivity index (χ3v) is 7.71. The van der Waals surface area contributed by atoms with Gasteiger partial charge in [0.05, 0.1) is 6.21 Å². The van der Waals surface area contributed by atoms with Gasteiger partial charge >= 0.3 is 6.61 Å².